The summed E-state index contributed by atoms with van der Waals surface area (Å²) in [7, 11) is 0. The van der Waals surface area contributed by atoms with Crippen LogP contribution in [0, 0.1) is 0 Å². The lowest BCUT2D eigenvalue weighted by Gasteiger charge is -2.11. The van der Waals surface area contributed by atoms with E-state index in [2.05, 4.69) is 102 Å². The van der Waals surface area contributed by atoms with Crippen molar-refractivity contribution >= 4 is 33.0 Å². The highest BCUT2D eigenvalue weighted by molar-refractivity contribution is 6.08. The number of hydrogen-bond acceptors (Lipinski definition) is 5. The summed E-state index contributed by atoms with van der Waals surface area (Å²) in [5.74, 6) is 0.682. The smallest absolute Gasteiger partial charge is 0.227 e. The van der Waals surface area contributed by atoms with Crippen molar-refractivity contribution in [3.8, 4) is 56.2 Å². The zero-order chi connectivity index (χ0) is 31.2. The van der Waals surface area contributed by atoms with Crippen LogP contribution in [0.1, 0.15) is 0 Å². The second kappa shape index (κ2) is 11.2. The molecule has 9 aromatic rings. The van der Waals surface area contributed by atoms with E-state index in [-0.39, 0.29) is 0 Å². The Morgan fingerprint density at radius 2 is 1.06 bits per heavy atom. The maximum Gasteiger partial charge on any atom is 0.227 e. The molecule has 0 atom stereocenters. The van der Waals surface area contributed by atoms with E-state index in [0.717, 1.165) is 77.6 Å². The van der Waals surface area contributed by atoms with Gasteiger partial charge in [0.15, 0.2) is 5.82 Å². The van der Waals surface area contributed by atoms with Crippen LogP contribution in [-0.2, 0) is 0 Å². The summed E-state index contributed by atoms with van der Waals surface area (Å²) in [4.78, 5) is 19.1. The SMILES string of the molecule is c1ccc(-c2cc(-c3ccc(-c4ccc5oc6nc7ccccc7cc6c5c4)cc3)nc(-c3ccc(-c4cccnc4)cc3)n2)cc1. The molecule has 0 aliphatic heterocycles. The average molecular weight is 603 g/mol. The molecule has 0 radical (unpaired) electrons. The molecule has 0 bridgehead atoms. The first kappa shape index (κ1) is 26.9. The van der Waals surface area contributed by atoms with Gasteiger partial charge >= 0.3 is 0 Å². The number of rotatable bonds is 5. The predicted molar refractivity (Wildman–Crippen MR) is 190 cm³/mol. The van der Waals surface area contributed by atoms with E-state index in [0.29, 0.717) is 11.5 Å². The van der Waals surface area contributed by atoms with Crippen LogP contribution in [-0.4, -0.2) is 19.9 Å². The van der Waals surface area contributed by atoms with Gasteiger partial charge < -0.3 is 4.42 Å². The lowest BCUT2D eigenvalue weighted by atomic mass is 10.00. The van der Waals surface area contributed by atoms with E-state index < -0.39 is 0 Å². The molecule has 0 aliphatic rings. The summed E-state index contributed by atoms with van der Waals surface area (Å²) in [6.07, 6.45) is 3.66. The molecule has 5 heteroatoms. The molecule has 0 spiro atoms. The van der Waals surface area contributed by atoms with Crippen LogP contribution >= 0.6 is 0 Å². The molecule has 4 aromatic heterocycles. The lowest BCUT2D eigenvalue weighted by molar-refractivity contribution is 0.656. The molecule has 0 fully saturated rings. The topological polar surface area (TPSA) is 64.7 Å². The van der Waals surface area contributed by atoms with Gasteiger partial charge in [0, 0.05) is 45.2 Å². The van der Waals surface area contributed by atoms with Gasteiger partial charge in [-0.25, -0.2) is 15.0 Å². The molecule has 0 unspecified atom stereocenters. The Balaban J connectivity index is 1.09. The summed E-state index contributed by atoms with van der Waals surface area (Å²) in [5.41, 5.74) is 11.6. The van der Waals surface area contributed by atoms with Crippen molar-refractivity contribution < 1.29 is 4.42 Å². The van der Waals surface area contributed by atoms with Crippen molar-refractivity contribution in [1.29, 1.82) is 0 Å². The van der Waals surface area contributed by atoms with E-state index in [9.17, 15) is 0 Å². The van der Waals surface area contributed by atoms with Gasteiger partial charge in [-0.15, -0.1) is 0 Å². The van der Waals surface area contributed by atoms with Gasteiger partial charge in [0.25, 0.3) is 0 Å². The summed E-state index contributed by atoms with van der Waals surface area (Å²) in [6.45, 7) is 0. The van der Waals surface area contributed by atoms with Gasteiger partial charge in [0.2, 0.25) is 5.71 Å². The monoisotopic (exact) mass is 602 g/mol. The third-order valence-corrected chi connectivity index (χ3v) is 8.61. The fourth-order valence-electron chi connectivity index (χ4n) is 6.14. The maximum atomic E-state index is 6.12. The van der Waals surface area contributed by atoms with Crippen LogP contribution in [0.3, 0.4) is 0 Å². The maximum absolute atomic E-state index is 6.12. The normalized spacial score (nSPS) is 11.4. The van der Waals surface area contributed by atoms with Crippen LogP contribution in [0.5, 0.6) is 0 Å². The van der Waals surface area contributed by atoms with Crippen LogP contribution in [0.4, 0.5) is 0 Å². The minimum absolute atomic E-state index is 0.659. The second-order valence-corrected chi connectivity index (χ2v) is 11.6. The standard InChI is InChI=1S/C42H26N4O/c1-2-7-29(8-3-1)38-25-39(45-41(44-38)31-18-14-28(15-19-31)34-10-6-22-43-26-34)30-16-12-27(13-17-30)32-20-21-40-35(23-32)36-24-33-9-4-5-11-37(33)46-42(36)47-40/h1-26H. The predicted octanol–water partition coefficient (Wildman–Crippen LogP) is 10.7. The first-order valence-electron chi connectivity index (χ1n) is 15.5. The van der Waals surface area contributed by atoms with Gasteiger partial charge in [-0.2, -0.15) is 0 Å². The lowest BCUT2D eigenvalue weighted by Crippen LogP contribution is -1.96. The Kier molecular flexibility index (Phi) is 6.39. The summed E-state index contributed by atoms with van der Waals surface area (Å²) in [6, 6.07) is 49.9. The molecule has 47 heavy (non-hydrogen) atoms. The molecule has 9 rings (SSSR count). The first-order chi connectivity index (χ1) is 23.2. The molecule has 0 saturated heterocycles. The Labute approximate surface area is 270 Å². The fourth-order valence-corrected chi connectivity index (χ4v) is 6.14. The van der Waals surface area contributed by atoms with E-state index in [4.69, 9.17) is 19.4 Å². The van der Waals surface area contributed by atoms with Gasteiger partial charge in [0.05, 0.1) is 16.9 Å². The van der Waals surface area contributed by atoms with Crippen LogP contribution in [0.15, 0.2) is 162 Å². The number of para-hydroxylation sites is 1. The molecular formula is C42H26N4O. The first-order valence-corrected chi connectivity index (χ1v) is 15.5. The molecule has 5 aromatic carbocycles. The third-order valence-electron chi connectivity index (χ3n) is 8.61. The quantitative estimate of drug-likeness (QED) is 0.196. The van der Waals surface area contributed by atoms with Crippen molar-refractivity contribution in [2.45, 2.75) is 0 Å². The molecule has 220 valence electrons. The fraction of sp³-hybridized carbons (Fsp3) is 0. The highest BCUT2D eigenvalue weighted by atomic mass is 16.3. The molecular weight excluding hydrogens is 576 g/mol. The number of hydrogen-bond donors (Lipinski definition) is 0. The number of pyridine rings is 2. The molecule has 0 aliphatic carbocycles. The van der Waals surface area contributed by atoms with Crippen LogP contribution < -0.4 is 0 Å². The van der Waals surface area contributed by atoms with Gasteiger partial charge in [-0.3, -0.25) is 4.98 Å². The van der Waals surface area contributed by atoms with Gasteiger partial charge in [-0.05, 0) is 58.7 Å². The Hall–Kier alpha value is -6.46. The molecule has 4 heterocycles. The number of furan rings is 1. The Bertz CT molecular complexity index is 2540. The number of fused-ring (bicyclic) bond motifs is 4. The van der Waals surface area contributed by atoms with E-state index in [1.807, 2.05) is 54.7 Å². The highest BCUT2D eigenvalue weighted by Gasteiger charge is 2.14. The number of benzene rings is 5. The van der Waals surface area contributed by atoms with Crippen molar-refractivity contribution in [2.75, 3.05) is 0 Å². The zero-order valence-electron chi connectivity index (χ0n) is 25.2. The molecule has 5 nitrogen and oxygen atoms in total. The van der Waals surface area contributed by atoms with Gasteiger partial charge in [0.1, 0.15) is 5.58 Å². The Morgan fingerprint density at radius 1 is 0.426 bits per heavy atom. The zero-order valence-corrected chi connectivity index (χ0v) is 25.2. The minimum Gasteiger partial charge on any atom is -0.438 e. The number of aromatic nitrogens is 4. The van der Waals surface area contributed by atoms with Crippen LogP contribution in [0.25, 0.3) is 89.1 Å². The van der Waals surface area contributed by atoms with E-state index >= 15 is 0 Å². The third kappa shape index (κ3) is 5.00. The van der Waals surface area contributed by atoms with Crippen molar-refractivity contribution in [1.82, 2.24) is 19.9 Å². The Morgan fingerprint density at radius 3 is 1.83 bits per heavy atom. The van der Waals surface area contributed by atoms with Crippen LogP contribution in [0.2, 0.25) is 0 Å². The average Bonchev–Trinajstić information content (AvgIpc) is 3.51. The molecule has 0 saturated carbocycles. The highest BCUT2D eigenvalue weighted by Crippen LogP contribution is 2.35. The summed E-state index contributed by atoms with van der Waals surface area (Å²) >= 11 is 0. The molecule has 0 N–H and O–H groups in total. The van der Waals surface area contributed by atoms with Crippen molar-refractivity contribution in [2.24, 2.45) is 0 Å². The van der Waals surface area contributed by atoms with E-state index in [1.165, 1.54) is 0 Å². The van der Waals surface area contributed by atoms with Crippen molar-refractivity contribution in [3.05, 3.63) is 158 Å². The minimum atomic E-state index is 0.659. The van der Waals surface area contributed by atoms with Gasteiger partial charge in [-0.1, -0.05) is 109 Å². The second-order valence-electron chi connectivity index (χ2n) is 11.6. The summed E-state index contributed by atoms with van der Waals surface area (Å²) < 4.78 is 6.12. The molecule has 0 amide bonds. The van der Waals surface area contributed by atoms with E-state index in [1.54, 1.807) is 6.20 Å². The van der Waals surface area contributed by atoms with Crippen molar-refractivity contribution in [3.63, 3.8) is 0 Å². The number of nitrogens with zero attached hydrogens (tertiary/aromatic N) is 4. The summed E-state index contributed by atoms with van der Waals surface area (Å²) in [5, 5.41) is 3.18. The largest absolute Gasteiger partial charge is 0.438 e.